The molecule has 6 nitrogen and oxygen atoms in total. The van der Waals surface area contributed by atoms with Crippen LogP contribution in [0.1, 0.15) is 15.9 Å². The second-order valence-electron chi connectivity index (χ2n) is 5.59. The molecule has 1 heterocycles. The second kappa shape index (κ2) is 7.48. The van der Waals surface area contributed by atoms with E-state index in [2.05, 4.69) is 15.6 Å². The average Bonchev–Trinajstić information content (AvgIpc) is 2.66. The number of hydrogen-bond donors (Lipinski definition) is 3. The molecule has 0 aliphatic rings. The first-order valence-corrected chi connectivity index (χ1v) is 8.01. The van der Waals surface area contributed by atoms with Gasteiger partial charge in [0.25, 0.3) is 11.5 Å². The van der Waals surface area contributed by atoms with Crippen LogP contribution in [0.4, 0.5) is 5.69 Å². The number of anilines is 1. The van der Waals surface area contributed by atoms with E-state index in [9.17, 15) is 14.4 Å². The van der Waals surface area contributed by atoms with E-state index in [0.29, 0.717) is 16.8 Å². The number of hydrogen-bond acceptors (Lipinski definition) is 3. The summed E-state index contributed by atoms with van der Waals surface area (Å²) in [6.07, 6.45) is 2.71. The first kappa shape index (κ1) is 17.2. The molecule has 0 saturated carbocycles. The van der Waals surface area contributed by atoms with Crippen molar-refractivity contribution in [1.29, 1.82) is 0 Å². The number of aromatic amines is 1. The van der Waals surface area contributed by atoms with Crippen molar-refractivity contribution < 1.29 is 9.59 Å². The lowest BCUT2D eigenvalue weighted by Crippen LogP contribution is -2.20. The third-order valence-corrected chi connectivity index (χ3v) is 3.85. The van der Waals surface area contributed by atoms with Gasteiger partial charge in [0, 0.05) is 24.2 Å². The maximum Gasteiger partial charge on any atom is 0.255 e. The highest BCUT2D eigenvalue weighted by molar-refractivity contribution is 6.07. The van der Waals surface area contributed by atoms with Crippen LogP contribution in [0.3, 0.4) is 0 Å². The van der Waals surface area contributed by atoms with Gasteiger partial charge in [0.1, 0.15) is 0 Å². The van der Waals surface area contributed by atoms with Crippen LogP contribution in [0.2, 0.25) is 0 Å². The summed E-state index contributed by atoms with van der Waals surface area (Å²) in [6.45, 7) is 0. The fraction of sp³-hybridized carbons (Fsp3) is 0.0500. The van der Waals surface area contributed by atoms with Crippen molar-refractivity contribution in [2.24, 2.45) is 0 Å². The van der Waals surface area contributed by atoms with Crippen LogP contribution >= 0.6 is 0 Å². The molecule has 3 N–H and O–H groups in total. The Balaban J connectivity index is 1.82. The molecule has 0 bridgehead atoms. The summed E-state index contributed by atoms with van der Waals surface area (Å²) >= 11 is 0. The molecule has 0 aliphatic heterocycles. The SMILES string of the molecule is CNC(=O)c1ccccc1NC(=O)/C=C/c1cc2ccccc2[nH]c1=O. The van der Waals surface area contributed by atoms with Gasteiger partial charge in [0.2, 0.25) is 5.91 Å². The number of pyridine rings is 1. The quantitative estimate of drug-likeness (QED) is 0.634. The molecular weight excluding hydrogens is 330 g/mol. The predicted octanol–water partition coefficient (Wildman–Crippen LogP) is 2.54. The highest BCUT2D eigenvalue weighted by atomic mass is 16.2. The molecule has 2 amide bonds. The van der Waals surface area contributed by atoms with Gasteiger partial charge >= 0.3 is 0 Å². The van der Waals surface area contributed by atoms with Crippen molar-refractivity contribution in [3.8, 4) is 0 Å². The lowest BCUT2D eigenvalue weighted by atomic mass is 10.1. The van der Waals surface area contributed by atoms with E-state index in [0.717, 1.165) is 10.9 Å². The van der Waals surface area contributed by atoms with Crippen molar-refractivity contribution in [2.45, 2.75) is 0 Å². The van der Waals surface area contributed by atoms with Crippen LogP contribution in [0.15, 0.2) is 65.5 Å². The van der Waals surface area contributed by atoms with Crippen LogP contribution in [0, 0.1) is 0 Å². The van der Waals surface area contributed by atoms with E-state index in [1.807, 2.05) is 24.3 Å². The number of benzene rings is 2. The van der Waals surface area contributed by atoms with E-state index >= 15 is 0 Å². The van der Waals surface area contributed by atoms with Crippen molar-refractivity contribution >= 4 is 34.5 Å². The van der Waals surface area contributed by atoms with E-state index in [1.54, 1.807) is 30.3 Å². The van der Waals surface area contributed by atoms with Crippen LogP contribution in [0.25, 0.3) is 17.0 Å². The molecule has 1 aromatic heterocycles. The Labute approximate surface area is 149 Å². The highest BCUT2D eigenvalue weighted by Gasteiger charge is 2.10. The Bertz CT molecular complexity index is 1070. The summed E-state index contributed by atoms with van der Waals surface area (Å²) in [6, 6.07) is 15.8. The number of rotatable bonds is 4. The van der Waals surface area contributed by atoms with E-state index in [4.69, 9.17) is 0 Å². The third-order valence-electron chi connectivity index (χ3n) is 3.85. The molecule has 0 radical (unpaired) electrons. The van der Waals surface area contributed by atoms with Gasteiger partial charge in [-0.2, -0.15) is 0 Å². The first-order chi connectivity index (χ1) is 12.6. The van der Waals surface area contributed by atoms with Crippen molar-refractivity contribution in [3.05, 3.63) is 82.2 Å². The third kappa shape index (κ3) is 3.70. The van der Waals surface area contributed by atoms with Gasteiger partial charge in [-0.3, -0.25) is 14.4 Å². The fourth-order valence-electron chi connectivity index (χ4n) is 2.55. The summed E-state index contributed by atoms with van der Waals surface area (Å²) in [7, 11) is 1.52. The van der Waals surface area contributed by atoms with Crippen LogP contribution in [-0.4, -0.2) is 23.8 Å². The summed E-state index contributed by atoms with van der Waals surface area (Å²) in [5.74, 6) is -0.732. The van der Waals surface area contributed by atoms with Gasteiger partial charge in [-0.1, -0.05) is 30.3 Å². The number of amides is 2. The van der Waals surface area contributed by atoms with E-state index in [1.165, 1.54) is 19.2 Å². The average molecular weight is 347 g/mol. The monoisotopic (exact) mass is 347 g/mol. The molecule has 6 heteroatoms. The van der Waals surface area contributed by atoms with Crippen molar-refractivity contribution in [2.75, 3.05) is 12.4 Å². The normalized spacial score (nSPS) is 10.8. The number of nitrogens with one attached hydrogen (secondary N) is 3. The zero-order valence-electron chi connectivity index (χ0n) is 14.1. The van der Waals surface area contributed by atoms with Crippen LogP contribution in [0.5, 0.6) is 0 Å². The van der Waals surface area contributed by atoms with Gasteiger partial charge in [0.05, 0.1) is 11.3 Å². The zero-order chi connectivity index (χ0) is 18.5. The fourth-order valence-corrected chi connectivity index (χ4v) is 2.55. The molecule has 2 aromatic carbocycles. The number of para-hydroxylation sites is 2. The summed E-state index contributed by atoms with van der Waals surface area (Å²) in [4.78, 5) is 38.9. The Morgan fingerprint density at radius 2 is 1.77 bits per heavy atom. The van der Waals surface area contributed by atoms with Gasteiger partial charge in [-0.05, 0) is 35.7 Å². The Morgan fingerprint density at radius 3 is 2.58 bits per heavy atom. The lowest BCUT2D eigenvalue weighted by molar-refractivity contribution is -0.111. The molecular formula is C20H17N3O3. The maximum absolute atomic E-state index is 12.2. The van der Waals surface area contributed by atoms with Crippen LogP contribution in [-0.2, 0) is 4.79 Å². The molecule has 130 valence electrons. The summed E-state index contributed by atoms with van der Waals surface area (Å²) in [5, 5.41) is 6.05. The Hall–Kier alpha value is -3.67. The number of carbonyl (C=O) groups is 2. The minimum absolute atomic E-state index is 0.279. The molecule has 0 fully saturated rings. The standard InChI is InChI=1S/C20H17N3O3/c1-21-20(26)15-7-3-5-9-17(15)22-18(24)11-10-14-12-13-6-2-4-8-16(13)23-19(14)25/h2-12H,1H3,(H,21,26)(H,22,24)(H,23,25)/b11-10+. The number of H-pyrrole nitrogens is 1. The van der Waals surface area contributed by atoms with Crippen molar-refractivity contribution in [3.63, 3.8) is 0 Å². The lowest BCUT2D eigenvalue weighted by Gasteiger charge is -2.08. The smallest absolute Gasteiger partial charge is 0.255 e. The van der Waals surface area contributed by atoms with E-state index < -0.39 is 5.91 Å². The Morgan fingerprint density at radius 1 is 1.04 bits per heavy atom. The van der Waals surface area contributed by atoms with Gasteiger partial charge < -0.3 is 15.6 Å². The topological polar surface area (TPSA) is 91.1 Å². The molecule has 0 unspecified atom stereocenters. The molecule has 0 saturated heterocycles. The zero-order valence-corrected chi connectivity index (χ0v) is 14.1. The van der Waals surface area contributed by atoms with Gasteiger partial charge in [-0.25, -0.2) is 0 Å². The molecule has 0 atom stereocenters. The van der Waals surface area contributed by atoms with Gasteiger partial charge in [-0.15, -0.1) is 0 Å². The van der Waals surface area contributed by atoms with Crippen molar-refractivity contribution in [1.82, 2.24) is 10.3 Å². The number of fused-ring (bicyclic) bond motifs is 1. The molecule has 26 heavy (non-hydrogen) atoms. The molecule has 3 rings (SSSR count). The number of carbonyl (C=O) groups excluding carboxylic acids is 2. The second-order valence-corrected chi connectivity index (χ2v) is 5.59. The minimum Gasteiger partial charge on any atom is -0.355 e. The van der Waals surface area contributed by atoms with Crippen LogP contribution < -0.4 is 16.2 Å². The molecule has 0 spiro atoms. The first-order valence-electron chi connectivity index (χ1n) is 8.01. The Kier molecular flexibility index (Phi) is 4.94. The highest BCUT2D eigenvalue weighted by Crippen LogP contribution is 2.15. The van der Waals surface area contributed by atoms with E-state index in [-0.39, 0.29) is 11.5 Å². The maximum atomic E-state index is 12.2. The molecule has 0 aliphatic carbocycles. The molecule has 3 aromatic rings. The predicted molar refractivity (Wildman–Crippen MR) is 102 cm³/mol. The summed E-state index contributed by atoms with van der Waals surface area (Å²) in [5.41, 5.74) is 1.59. The van der Waals surface area contributed by atoms with Gasteiger partial charge in [0.15, 0.2) is 0 Å². The number of aromatic nitrogens is 1. The summed E-state index contributed by atoms with van der Waals surface area (Å²) < 4.78 is 0. The minimum atomic E-state index is -0.436. The largest absolute Gasteiger partial charge is 0.355 e.